The maximum Gasteiger partial charge on any atom is 0.322 e. The molecule has 0 aromatic rings. The molecule has 0 radical (unpaired) electrons. The first-order valence-corrected chi connectivity index (χ1v) is 8.71. The molecule has 0 aliphatic carbocycles. The number of carboxylic acids is 1. The minimum absolute atomic E-state index is 0.170. The third-order valence-electron chi connectivity index (χ3n) is 4.04. The molecule has 9 heteroatoms. The quantitative estimate of drug-likeness (QED) is 0.460. The standard InChI is InChI=1S/C17H28N4O5/c1-5-7-13(22)19-14(10(2)3)15(23)18-11(4)16(24)21-9-6-8-12(20-21)17(25)26/h5,7,10-12,14,20H,6,8-9H2,1-4H3,(H,18,23)(H,19,22)(H,25,26). The first kappa shape index (κ1) is 21.6. The minimum atomic E-state index is -1.02. The molecular weight excluding hydrogens is 340 g/mol. The summed E-state index contributed by atoms with van der Waals surface area (Å²) >= 11 is 0. The van der Waals surface area contributed by atoms with Crippen LogP contribution in [0.2, 0.25) is 0 Å². The average molecular weight is 368 g/mol. The van der Waals surface area contributed by atoms with Crippen molar-refractivity contribution in [3.05, 3.63) is 12.2 Å². The van der Waals surface area contributed by atoms with Gasteiger partial charge in [0.05, 0.1) is 0 Å². The van der Waals surface area contributed by atoms with Gasteiger partial charge < -0.3 is 15.7 Å². The van der Waals surface area contributed by atoms with Crippen molar-refractivity contribution in [1.82, 2.24) is 21.1 Å². The highest BCUT2D eigenvalue weighted by Crippen LogP contribution is 2.09. The van der Waals surface area contributed by atoms with Crippen LogP contribution in [-0.4, -0.2) is 58.5 Å². The van der Waals surface area contributed by atoms with Crippen molar-refractivity contribution in [3.8, 4) is 0 Å². The van der Waals surface area contributed by atoms with Crippen LogP contribution in [0, 0.1) is 5.92 Å². The van der Waals surface area contributed by atoms with Crippen LogP contribution in [0.1, 0.15) is 40.5 Å². The van der Waals surface area contributed by atoms with Crippen LogP contribution in [0.4, 0.5) is 0 Å². The van der Waals surface area contributed by atoms with Crippen LogP contribution < -0.4 is 16.1 Å². The third-order valence-corrected chi connectivity index (χ3v) is 4.04. The molecule has 3 unspecified atom stereocenters. The summed E-state index contributed by atoms with van der Waals surface area (Å²) in [6.45, 7) is 7.17. The van der Waals surface area contributed by atoms with Gasteiger partial charge in [-0.3, -0.25) is 24.2 Å². The van der Waals surface area contributed by atoms with E-state index >= 15 is 0 Å². The molecule has 0 aromatic heterocycles. The predicted molar refractivity (Wildman–Crippen MR) is 94.7 cm³/mol. The Morgan fingerprint density at radius 2 is 1.85 bits per heavy atom. The Morgan fingerprint density at radius 3 is 2.38 bits per heavy atom. The zero-order valence-corrected chi connectivity index (χ0v) is 15.6. The number of carboxylic acid groups (broad SMARTS) is 1. The lowest BCUT2D eigenvalue weighted by molar-refractivity contribution is -0.148. The van der Waals surface area contributed by atoms with E-state index in [1.54, 1.807) is 26.8 Å². The number of hydrazine groups is 1. The number of hydrogen-bond acceptors (Lipinski definition) is 5. The van der Waals surface area contributed by atoms with Crippen LogP contribution in [0.5, 0.6) is 0 Å². The minimum Gasteiger partial charge on any atom is -0.480 e. The molecule has 1 fully saturated rings. The lowest BCUT2D eigenvalue weighted by atomic mass is 10.0. The van der Waals surface area contributed by atoms with Crippen LogP contribution >= 0.6 is 0 Å². The van der Waals surface area contributed by atoms with Crippen LogP contribution in [-0.2, 0) is 19.2 Å². The maximum atomic E-state index is 12.5. The Morgan fingerprint density at radius 1 is 1.19 bits per heavy atom. The summed E-state index contributed by atoms with van der Waals surface area (Å²) in [5.41, 5.74) is 2.66. The number of rotatable bonds is 7. The molecule has 1 rings (SSSR count). The second kappa shape index (κ2) is 9.91. The van der Waals surface area contributed by atoms with Crippen molar-refractivity contribution >= 4 is 23.7 Å². The SMILES string of the molecule is CC=CC(=O)NC(C(=O)NC(C)C(=O)N1CCCC(C(=O)O)N1)C(C)C. The second-order valence-corrected chi connectivity index (χ2v) is 6.61. The molecule has 1 saturated heterocycles. The molecule has 1 aliphatic heterocycles. The van der Waals surface area contributed by atoms with Crippen molar-refractivity contribution in [1.29, 1.82) is 0 Å². The molecule has 1 aliphatic rings. The fourth-order valence-corrected chi connectivity index (χ4v) is 2.61. The van der Waals surface area contributed by atoms with Crippen molar-refractivity contribution in [2.24, 2.45) is 5.92 Å². The number of nitrogens with one attached hydrogen (secondary N) is 3. The van der Waals surface area contributed by atoms with E-state index in [2.05, 4.69) is 16.1 Å². The molecule has 0 saturated carbocycles. The van der Waals surface area contributed by atoms with E-state index in [0.717, 1.165) is 0 Å². The van der Waals surface area contributed by atoms with Gasteiger partial charge in [0.25, 0.3) is 5.91 Å². The van der Waals surface area contributed by atoms with Gasteiger partial charge in [-0.15, -0.1) is 0 Å². The van der Waals surface area contributed by atoms with Gasteiger partial charge >= 0.3 is 5.97 Å². The van der Waals surface area contributed by atoms with Crippen molar-refractivity contribution in [2.45, 2.75) is 58.7 Å². The summed E-state index contributed by atoms with van der Waals surface area (Å²) < 4.78 is 0. The normalized spacial score (nSPS) is 19.9. The predicted octanol–water partition coefficient (Wildman–Crippen LogP) is -0.212. The monoisotopic (exact) mass is 368 g/mol. The first-order valence-electron chi connectivity index (χ1n) is 8.71. The number of carbonyl (C=O) groups is 4. The Kier molecular flexibility index (Phi) is 8.24. The molecule has 0 bridgehead atoms. The fraction of sp³-hybridized carbons (Fsp3) is 0.647. The van der Waals surface area contributed by atoms with E-state index in [-0.39, 0.29) is 11.8 Å². The molecule has 146 valence electrons. The summed E-state index contributed by atoms with van der Waals surface area (Å²) in [6.07, 6.45) is 3.88. The van der Waals surface area contributed by atoms with Gasteiger partial charge in [-0.2, -0.15) is 0 Å². The number of allylic oxidation sites excluding steroid dienone is 1. The van der Waals surface area contributed by atoms with Gasteiger partial charge in [0, 0.05) is 6.54 Å². The van der Waals surface area contributed by atoms with Gasteiger partial charge in [-0.25, -0.2) is 5.43 Å². The van der Waals surface area contributed by atoms with Crippen LogP contribution in [0.3, 0.4) is 0 Å². The molecule has 3 amide bonds. The molecule has 4 N–H and O–H groups in total. The van der Waals surface area contributed by atoms with E-state index in [9.17, 15) is 19.2 Å². The van der Waals surface area contributed by atoms with E-state index in [0.29, 0.717) is 19.4 Å². The second-order valence-electron chi connectivity index (χ2n) is 6.61. The van der Waals surface area contributed by atoms with Gasteiger partial charge in [0.1, 0.15) is 18.1 Å². The topological polar surface area (TPSA) is 128 Å². The number of carbonyl (C=O) groups excluding carboxylic acids is 3. The van der Waals surface area contributed by atoms with E-state index < -0.39 is 35.9 Å². The Bertz CT molecular complexity index is 576. The number of aliphatic carboxylic acids is 1. The van der Waals surface area contributed by atoms with E-state index in [4.69, 9.17) is 5.11 Å². The number of nitrogens with zero attached hydrogens (tertiary/aromatic N) is 1. The Labute approximate surface area is 153 Å². The van der Waals surface area contributed by atoms with Crippen LogP contribution in [0.25, 0.3) is 0 Å². The highest BCUT2D eigenvalue weighted by atomic mass is 16.4. The Balaban J connectivity index is 2.69. The zero-order chi connectivity index (χ0) is 19.9. The van der Waals surface area contributed by atoms with Crippen molar-refractivity contribution in [3.63, 3.8) is 0 Å². The molecule has 0 spiro atoms. The van der Waals surface area contributed by atoms with Crippen LogP contribution in [0.15, 0.2) is 12.2 Å². The summed E-state index contributed by atoms with van der Waals surface area (Å²) in [5.74, 6) is -2.47. The number of hydrogen-bond donors (Lipinski definition) is 4. The fourth-order valence-electron chi connectivity index (χ4n) is 2.61. The first-order chi connectivity index (χ1) is 12.2. The van der Waals surface area contributed by atoms with Crippen molar-refractivity contribution in [2.75, 3.05) is 6.54 Å². The summed E-state index contributed by atoms with van der Waals surface area (Å²) in [5, 5.41) is 15.5. The average Bonchev–Trinajstić information content (AvgIpc) is 2.58. The number of amides is 3. The summed E-state index contributed by atoms with van der Waals surface area (Å²) in [4.78, 5) is 47.7. The molecule has 0 aromatic carbocycles. The molecule has 9 nitrogen and oxygen atoms in total. The van der Waals surface area contributed by atoms with Gasteiger partial charge in [-0.1, -0.05) is 19.9 Å². The molecule has 1 heterocycles. The lowest BCUT2D eigenvalue weighted by Crippen LogP contribution is -2.60. The summed E-state index contributed by atoms with van der Waals surface area (Å²) in [6, 6.07) is -2.46. The van der Waals surface area contributed by atoms with Gasteiger partial charge in [0.2, 0.25) is 11.8 Å². The Hall–Kier alpha value is -2.42. The molecule has 26 heavy (non-hydrogen) atoms. The zero-order valence-electron chi connectivity index (χ0n) is 15.6. The van der Waals surface area contributed by atoms with E-state index in [1.165, 1.54) is 18.0 Å². The van der Waals surface area contributed by atoms with E-state index in [1.807, 2.05) is 0 Å². The highest BCUT2D eigenvalue weighted by Gasteiger charge is 2.32. The highest BCUT2D eigenvalue weighted by molar-refractivity contribution is 5.94. The lowest BCUT2D eigenvalue weighted by Gasteiger charge is -2.34. The van der Waals surface area contributed by atoms with Gasteiger partial charge in [-0.05, 0) is 38.7 Å². The largest absolute Gasteiger partial charge is 0.480 e. The third kappa shape index (κ3) is 6.14. The van der Waals surface area contributed by atoms with Crippen molar-refractivity contribution < 1.29 is 24.3 Å². The molecule has 3 atom stereocenters. The summed E-state index contributed by atoms with van der Waals surface area (Å²) in [7, 11) is 0. The maximum absolute atomic E-state index is 12.5. The van der Waals surface area contributed by atoms with Gasteiger partial charge in [0.15, 0.2) is 0 Å². The molecular formula is C17H28N4O5. The smallest absolute Gasteiger partial charge is 0.322 e.